The van der Waals surface area contributed by atoms with E-state index < -0.39 is 35.4 Å². The predicted molar refractivity (Wildman–Crippen MR) is 112 cm³/mol. The highest BCUT2D eigenvalue weighted by Gasteiger charge is 2.44. The van der Waals surface area contributed by atoms with Gasteiger partial charge in [-0.05, 0) is 50.7 Å². The van der Waals surface area contributed by atoms with Crippen molar-refractivity contribution in [1.82, 2.24) is 9.96 Å². The molecule has 0 N–H and O–H groups in total. The Hall–Kier alpha value is -2.90. The third-order valence-corrected chi connectivity index (χ3v) is 5.60. The zero-order valence-corrected chi connectivity index (χ0v) is 18.9. The summed E-state index contributed by atoms with van der Waals surface area (Å²) in [6.07, 6.45) is -0.0230. The van der Waals surface area contributed by atoms with Gasteiger partial charge >= 0.3 is 12.1 Å². The van der Waals surface area contributed by atoms with Crippen LogP contribution in [0.3, 0.4) is 0 Å². The third kappa shape index (κ3) is 4.89. The zero-order chi connectivity index (χ0) is 23.1. The molecule has 0 aromatic heterocycles. The van der Waals surface area contributed by atoms with Gasteiger partial charge in [0.25, 0.3) is 11.8 Å². The van der Waals surface area contributed by atoms with Crippen molar-refractivity contribution < 1.29 is 28.8 Å². The maximum absolute atomic E-state index is 13.0. The molecule has 3 amide bonds. The Morgan fingerprint density at radius 2 is 1.48 bits per heavy atom. The summed E-state index contributed by atoms with van der Waals surface area (Å²) in [6.45, 7) is 12.0. The molecule has 3 rings (SSSR count). The summed E-state index contributed by atoms with van der Waals surface area (Å²) in [4.78, 5) is 57.5. The summed E-state index contributed by atoms with van der Waals surface area (Å²) in [5, 5.41) is 0.519. The average Bonchev–Trinajstić information content (AvgIpc) is 2.91. The molecule has 2 aliphatic rings. The molecule has 2 atom stereocenters. The van der Waals surface area contributed by atoms with Crippen molar-refractivity contribution >= 4 is 23.9 Å². The molecule has 1 fully saturated rings. The highest BCUT2D eigenvalue weighted by molar-refractivity contribution is 6.20. The first kappa shape index (κ1) is 22.8. The molecule has 8 heteroatoms. The van der Waals surface area contributed by atoms with E-state index in [0.717, 1.165) is 0 Å². The molecule has 1 saturated heterocycles. The minimum absolute atomic E-state index is 0.00787. The predicted octanol–water partition coefficient (Wildman–Crippen LogP) is 3.66. The fraction of sp³-hybridized carbons (Fsp3) is 0.565. The second-order valence-electron chi connectivity index (χ2n) is 10.2. The Morgan fingerprint density at radius 3 is 1.97 bits per heavy atom. The van der Waals surface area contributed by atoms with Gasteiger partial charge in [0.15, 0.2) is 0 Å². The number of rotatable bonds is 2. The largest absolute Gasteiger partial charge is 0.444 e. The molecule has 31 heavy (non-hydrogen) atoms. The average molecular weight is 431 g/mol. The lowest BCUT2D eigenvalue weighted by molar-refractivity contribution is -0.176. The molecule has 2 aliphatic heterocycles. The quantitative estimate of drug-likeness (QED) is 0.665. The fourth-order valence-corrected chi connectivity index (χ4v) is 3.79. The van der Waals surface area contributed by atoms with Crippen molar-refractivity contribution in [3.8, 4) is 0 Å². The number of hydroxylamine groups is 2. The van der Waals surface area contributed by atoms with E-state index in [0.29, 0.717) is 18.0 Å². The number of hydrogen-bond acceptors (Lipinski definition) is 6. The maximum atomic E-state index is 13.0. The normalized spacial score (nSPS) is 21.7. The van der Waals surface area contributed by atoms with Gasteiger partial charge in [0.2, 0.25) is 0 Å². The SMILES string of the molecule is CC(C)(C)OC(=O)N1C[C@@H](C(=O)ON2C(=O)c3ccccc3C2=O)C[C@@H](C(C)(C)C)C1. The Balaban J connectivity index is 1.77. The molecule has 2 heterocycles. The van der Waals surface area contributed by atoms with Crippen molar-refractivity contribution in [1.29, 1.82) is 0 Å². The minimum atomic E-state index is -0.711. The van der Waals surface area contributed by atoms with Gasteiger partial charge < -0.3 is 14.5 Å². The lowest BCUT2D eigenvalue weighted by Gasteiger charge is -2.42. The molecule has 168 valence electrons. The van der Waals surface area contributed by atoms with Gasteiger partial charge in [0.1, 0.15) is 5.60 Å². The van der Waals surface area contributed by atoms with Crippen LogP contribution < -0.4 is 0 Å². The molecule has 0 saturated carbocycles. The lowest BCUT2D eigenvalue weighted by Crippen LogP contribution is -2.51. The number of amides is 3. The second kappa shape index (κ2) is 7.98. The van der Waals surface area contributed by atoms with Gasteiger partial charge in [-0.3, -0.25) is 9.59 Å². The van der Waals surface area contributed by atoms with Crippen LogP contribution >= 0.6 is 0 Å². The van der Waals surface area contributed by atoms with Crippen molar-refractivity contribution in [3.05, 3.63) is 35.4 Å². The van der Waals surface area contributed by atoms with Gasteiger partial charge in [-0.25, -0.2) is 9.59 Å². The number of fused-ring (bicyclic) bond motifs is 1. The van der Waals surface area contributed by atoms with E-state index in [2.05, 4.69) is 0 Å². The standard InChI is InChI=1S/C23H30N2O6/c1-22(2,3)15-11-14(12-24(13-15)21(29)30-23(4,5)6)20(28)31-25-18(26)16-9-7-8-10-17(16)19(25)27/h7-10,14-15H,11-13H2,1-6H3/t14-,15+/m0/s1. The molecular weight excluding hydrogens is 400 g/mol. The topological polar surface area (TPSA) is 93.2 Å². The highest BCUT2D eigenvalue weighted by Crippen LogP contribution is 2.37. The number of ether oxygens (including phenoxy) is 1. The first-order valence-electron chi connectivity index (χ1n) is 10.5. The third-order valence-electron chi connectivity index (χ3n) is 5.60. The number of nitrogens with zero attached hydrogens (tertiary/aromatic N) is 2. The van der Waals surface area contributed by atoms with Crippen LogP contribution in [-0.4, -0.2) is 52.5 Å². The van der Waals surface area contributed by atoms with Gasteiger partial charge in [-0.1, -0.05) is 38.0 Å². The fourth-order valence-electron chi connectivity index (χ4n) is 3.79. The van der Waals surface area contributed by atoms with Crippen LogP contribution in [0.5, 0.6) is 0 Å². The van der Waals surface area contributed by atoms with E-state index in [1.165, 1.54) is 17.0 Å². The Morgan fingerprint density at radius 1 is 0.935 bits per heavy atom. The van der Waals surface area contributed by atoms with Crippen LogP contribution in [0.25, 0.3) is 0 Å². The van der Waals surface area contributed by atoms with Crippen LogP contribution in [0.15, 0.2) is 24.3 Å². The Bertz CT molecular complexity index is 876. The van der Waals surface area contributed by atoms with E-state index in [1.807, 2.05) is 20.8 Å². The first-order valence-corrected chi connectivity index (χ1v) is 10.5. The number of carbonyl (C=O) groups excluding carboxylic acids is 4. The second-order valence-corrected chi connectivity index (χ2v) is 10.2. The van der Waals surface area contributed by atoms with Crippen LogP contribution in [0.2, 0.25) is 0 Å². The molecule has 0 spiro atoms. The number of piperidine rings is 1. The monoisotopic (exact) mass is 430 g/mol. The van der Waals surface area contributed by atoms with Gasteiger partial charge in [0.05, 0.1) is 17.0 Å². The van der Waals surface area contributed by atoms with Crippen molar-refractivity contribution in [2.75, 3.05) is 13.1 Å². The van der Waals surface area contributed by atoms with Crippen LogP contribution in [0, 0.1) is 17.3 Å². The summed E-state index contributed by atoms with van der Waals surface area (Å²) in [7, 11) is 0. The lowest BCUT2D eigenvalue weighted by atomic mass is 9.73. The summed E-state index contributed by atoms with van der Waals surface area (Å²) in [6, 6.07) is 6.32. The first-order chi connectivity index (χ1) is 14.3. The van der Waals surface area contributed by atoms with E-state index in [9.17, 15) is 19.2 Å². The Kier molecular flexibility index (Phi) is 5.86. The van der Waals surface area contributed by atoms with Crippen LogP contribution in [-0.2, 0) is 14.4 Å². The zero-order valence-electron chi connectivity index (χ0n) is 18.9. The molecule has 0 aliphatic carbocycles. The molecule has 1 aromatic rings. The summed E-state index contributed by atoms with van der Waals surface area (Å²) in [5.74, 6) is -2.72. The summed E-state index contributed by atoms with van der Waals surface area (Å²) < 4.78 is 5.49. The molecule has 1 aromatic carbocycles. The number of carbonyl (C=O) groups is 4. The molecule has 8 nitrogen and oxygen atoms in total. The molecule has 0 radical (unpaired) electrons. The summed E-state index contributed by atoms with van der Waals surface area (Å²) in [5.41, 5.74) is -0.435. The number of benzene rings is 1. The van der Waals surface area contributed by atoms with Gasteiger partial charge in [-0.2, -0.15) is 0 Å². The number of likely N-dealkylation sites (tertiary alicyclic amines) is 1. The smallest absolute Gasteiger partial charge is 0.410 e. The van der Waals surface area contributed by atoms with Crippen LogP contribution in [0.4, 0.5) is 4.79 Å². The van der Waals surface area contributed by atoms with Crippen molar-refractivity contribution in [2.24, 2.45) is 17.3 Å². The van der Waals surface area contributed by atoms with Crippen LogP contribution in [0.1, 0.15) is 68.7 Å². The highest BCUT2D eigenvalue weighted by atomic mass is 16.7. The van der Waals surface area contributed by atoms with Gasteiger partial charge in [-0.15, -0.1) is 0 Å². The molecule has 0 bridgehead atoms. The van der Waals surface area contributed by atoms with E-state index in [-0.39, 0.29) is 29.0 Å². The maximum Gasteiger partial charge on any atom is 0.410 e. The molecule has 0 unspecified atom stereocenters. The molecular formula is C23H30N2O6. The van der Waals surface area contributed by atoms with Crippen molar-refractivity contribution in [2.45, 2.75) is 53.6 Å². The summed E-state index contributed by atoms with van der Waals surface area (Å²) >= 11 is 0. The van der Waals surface area contributed by atoms with E-state index in [4.69, 9.17) is 9.57 Å². The van der Waals surface area contributed by atoms with E-state index in [1.54, 1.807) is 32.9 Å². The number of hydrogen-bond donors (Lipinski definition) is 0. The number of imide groups is 1. The van der Waals surface area contributed by atoms with Gasteiger partial charge in [0, 0.05) is 13.1 Å². The Labute approximate surface area is 182 Å². The minimum Gasteiger partial charge on any atom is -0.444 e. The van der Waals surface area contributed by atoms with Crippen molar-refractivity contribution in [3.63, 3.8) is 0 Å². The van der Waals surface area contributed by atoms with E-state index >= 15 is 0 Å².